The van der Waals surface area contributed by atoms with Crippen molar-refractivity contribution in [1.82, 2.24) is 4.98 Å². The molecule has 0 unspecified atom stereocenters. The van der Waals surface area contributed by atoms with E-state index in [2.05, 4.69) is 10.3 Å². The molecule has 0 saturated carbocycles. The average Bonchev–Trinajstić information content (AvgIpc) is 3.04. The third-order valence-corrected chi connectivity index (χ3v) is 7.95. The number of nitrogens with zero attached hydrogens (tertiary/aromatic N) is 2. The molecule has 1 aliphatic heterocycles. The van der Waals surface area contributed by atoms with Crippen LogP contribution in [-0.2, 0) is 10.0 Å². The van der Waals surface area contributed by atoms with Crippen LogP contribution in [-0.4, -0.2) is 31.6 Å². The van der Waals surface area contributed by atoms with Gasteiger partial charge in [-0.05, 0) is 60.7 Å². The monoisotopic (exact) mass is 471 g/mol. The van der Waals surface area contributed by atoms with Crippen LogP contribution in [0.15, 0.2) is 85.1 Å². The fourth-order valence-corrected chi connectivity index (χ4v) is 5.97. The Bertz CT molecular complexity index is 1440. The lowest BCUT2D eigenvalue weighted by atomic mass is 10.0. The van der Waals surface area contributed by atoms with Crippen LogP contribution in [0.25, 0.3) is 22.0 Å². The first kappa shape index (κ1) is 22.1. The van der Waals surface area contributed by atoms with Gasteiger partial charge in [-0.3, -0.25) is 14.1 Å². The molecular formula is C27H25N3O3S. The van der Waals surface area contributed by atoms with E-state index in [-0.39, 0.29) is 11.7 Å². The Hall–Kier alpha value is -3.71. The van der Waals surface area contributed by atoms with Crippen LogP contribution in [0, 0.1) is 0 Å². The highest BCUT2D eigenvalue weighted by Gasteiger charge is 2.24. The van der Waals surface area contributed by atoms with Gasteiger partial charge in [-0.15, -0.1) is 0 Å². The molecule has 0 atom stereocenters. The molecule has 5 rings (SSSR count). The number of benzene rings is 3. The molecule has 1 aromatic heterocycles. The summed E-state index contributed by atoms with van der Waals surface area (Å²) in [6.45, 7) is 0.475. The Kier molecular flexibility index (Phi) is 6.02. The summed E-state index contributed by atoms with van der Waals surface area (Å²) in [6.07, 6.45) is 4.22. The standard InChI is InChI=1S/C27H25N3O3S/c31-27(21-11-13-24(14-12-21)30-17-4-1-5-18-34(30,32)33)29-23-9-6-8-22(19-23)26-25-10-3-2-7-20(25)15-16-28-26/h2-3,6-16,19H,1,4-5,17-18H2,(H,29,31). The third kappa shape index (κ3) is 4.52. The number of aromatic nitrogens is 1. The first-order valence-corrected chi connectivity index (χ1v) is 13.0. The first-order valence-electron chi connectivity index (χ1n) is 11.4. The van der Waals surface area contributed by atoms with Gasteiger partial charge in [0.2, 0.25) is 10.0 Å². The number of rotatable bonds is 4. The maximum atomic E-state index is 12.9. The van der Waals surface area contributed by atoms with E-state index >= 15 is 0 Å². The Balaban J connectivity index is 1.36. The van der Waals surface area contributed by atoms with Gasteiger partial charge in [0.25, 0.3) is 5.91 Å². The Labute approximate surface area is 199 Å². The molecule has 6 nitrogen and oxygen atoms in total. The Morgan fingerprint density at radius 2 is 1.71 bits per heavy atom. The van der Waals surface area contributed by atoms with Gasteiger partial charge >= 0.3 is 0 Å². The van der Waals surface area contributed by atoms with Gasteiger partial charge in [0.1, 0.15) is 0 Å². The highest BCUT2D eigenvalue weighted by Crippen LogP contribution is 2.28. The summed E-state index contributed by atoms with van der Waals surface area (Å²) in [5.41, 5.74) is 3.50. The van der Waals surface area contributed by atoms with Gasteiger partial charge in [0.05, 0.1) is 17.1 Å². The maximum Gasteiger partial charge on any atom is 0.255 e. The van der Waals surface area contributed by atoms with Crippen LogP contribution in [0.3, 0.4) is 0 Å². The molecule has 1 fully saturated rings. The van der Waals surface area contributed by atoms with Gasteiger partial charge in [0.15, 0.2) is 0 Å². The van der Waals surface area contributed by atoms with Crippen LogP contribution >= 0.6 is 0 Å². The highest BCUT2D eigenvalue weighted by molar-refractivity contribution is 7.92. The molecule has 0 radical (unpaired) electrons. The van der Waals surface area contributed by atoms with Crippen molar-refractivity contribution in [1.29, 1.82) is 0 Å². The lowest BCUT2D eigenvalue weighted by Crippen LogP contribution is -2.32. The van der Waals surface area contributed by atoms with Crippen LogP contribution in [0.5, 0.6) is 0 Å². The number of pyridine rings is 1. The Morgan fingerprint density at radius 1 is 0.882 bits per heavy atom. The Morgan fingerprint density at radius 3 is 2.56 bits per heavy atom. The predicted molar refractivity (Wildman–Crippen MR) is 137 cm³/mol. The average molecular weight is 472 g/mol. The normalized spacial score (nSPS) is 15.6. The molecule has 1 saturated heterocycles. The lowest BCUT2D eigenvalue weighted by Gasteiger charge is -2.22. The van der Waals surface area contributed by atoms with Crippen molar-refractivity contribution in [2.75, 3.05) is 21.9 Å². The van der Waals surface area contributed by atoms with E-state index in [4.69, 9.17) is 0 Å². The molecule has 2 heterocycles. The van der Waals surface area contributed by atoms with Gasteiger partial charge in [-0.1, -0.05) is 42.8 Å². The molecule has 4 aromatic rings. The van der Waals surface area contributed by atoms with E-state index in [0.29, 0.717) is 29.9 Å². The molecular weight excluding hydrogens is 446 g/mol. The summed E-state index contributed by atoms with van der Waals surface area (Å²) in [4.78, 5) is 17.4. The fraction of sp³-hybridized carbons (Fsp3) is 0.185. The molecule has 3 aromatic carbocycles. The number of hydrogen-bond donors (Lipinski definition) is 1. The number of hydrogen-bond acceptors (Lipinski definition) is 4. The van der Waals surface area contributed by atoms with Crippen molar-refractivity contribution < 1.29 is 13.2 Å². The van der Waals surface area contributed by atoms with Crippen LogP contribution in [0.4, 0.5) is 11.4 Å². The zero-order chi connectivity index (χ0) is 23.5. The molecule has 1 N–H and O–H groups in total. The number of carbonyl (C=O) groups excluding carboxylic acids is 1. The van der Waals surface area contributed by atoms with E-state index < -0.39 is 10.0 Å². The highest BCUT2D eigenvalue weighted by atomic mass is 32.2. The second kappa shape index (κ2) is 9.27. The number of nitrogens with one attached hydrogen (secondary N) is 1. The number of fused-ring (bicyclic) bond motifs is 1. The minimum Gasteiger partial charge on any atom is -0.322 e. The zero-order valence-electron chi connectivity index (χ0n) is 18.6. The molecule has 34 heavy (non-hydrogen) atoms. The zero-order valence-corrected chi connectivity index (χ0v) is 19.5. The van der Waals surface area contributed by atoms with E-state index in [1.54, 1.807) is 30.5 Å². The van der Waals surface area contributed by atoms with Gasteiger partial charge in [0, 0.05) is 34.9 Å². The molecule has 172 valence electrons. The quantitative estimate of drug-likeness (QED) is 0.428. The molecule has 1 aliphatic rings. The summed E-state index contributed by atoms with van der Waals surface area (Å²) in [7, 11) is -3.31. The number of amides is 1. The second-order valence-corrected chi connectivity index (χ2v) is 10.4. The van der Waals surface area contributed by atoms with Crippen molar-refractivity contribution in [3.05, 3.63) is 90.6 Å². The van der Waals surface area contributed by atoms with Gasteiger partial charge in [-0.25, -0.2) is 8.42 Å². The fourth-order valence-electron chi connectivity index (χ4n) is 4.33. The molecule has 0 bridgehead atoms. The first-order chi connectivity index (χ1) is 16.5. The molecule has 7 heteroatoms. The maximum absolute atomic E-state index is 12.9. The van der Waals surface area contributed by atoms with Crippen LogP contribution in [0.1, 0.15) is 29.6 Å². The molecule has 0 spiro atoms. The van der Waals surface area contributed by atoms with E-state index in [0.717, 1.165) is 34.9 Å². The minimum atomic E-state index is -3.31. The van der Waals surface area contributed by atoms with E-state index in [1.165, 1.54) is 4.31 Å². The van der Waals surface area contributed by atoms with Crippen molar-refractivity contribution in [2.45, 2.75) is 19.3 Å². The van der Waals surface area contributed by atoms with Crippen molar-refractivity contribution in [2.24, 2.45) is 0 Å². The van der Waals surface area contributed by atoms with Crippen LogP contribution < -0.4 is 9.62 Å². The topological polar surface area (TPSA) is 79.4 Å². The molecule has 1 amide bonds. The summed E-state index contributed by atoms with van der Waals surface area (Å²) in [5, 5.41) is 5.10. The number of anilines is 2. The summed E-state index contributed by atoms with van der Waals surface area (Å²) >= 11 is 0. The largest absolute Gasteiger partial charge is 0.322 e. The number of carbonyl (C=O) groups is 1. The molecule has 0 aliphatic carbocycles. The summed E-state index contributed by atoms with van der Waals surface area (Å²) < 4.78 is 26.5. The van der Waals surface area contributed by atoms with E-state index in [1.807, 2.05) is 54.6 Å². The van der Waals surface area contributed by atoms with Gasteiger partial charge in [-0.2, -0.15) is 0 Å². The van der Waals surface area contributed by atoms with Crippen molar-refractivity contribution in [3.63, 3.8) is 0 Å². The SMILES string of the molecule is O=C(Nc1cccc(-c2nccc3ccccc23)c1)c1ccc(N2CCCCCS2(=O)=O)cc1. The second-order valence-electron chi connectivity index (χ2n) is 8.41. The van der Waals surface area contributed by atoms with E-state index in [9.17, 15) is 13.2 Å². The smallest absolute Gasteiger partial charge is 0.255 e. The van der Waals surface area contributed by atoms with Crippen molar-refractivity contribution >= 4 is 38.1 Å². The summed E-state index contributed by atoms with van der Waals surface area (Å²) in [6, 6.07) is 24.4. The van der Waals surface area contributed by atoms with Gasteiger partial charge < -0.3 is 5.32 Å². The number of sulfonamides is 1. The van der Waals surface area contributed by atoms with Crippen molar-refractivity contribution in [3.8, 4) is 11.3 Å². The predicted octanol–water partition coefficient (Wildman–Crippen LogP) is 5.47. The lowest BCUT2D eigenvalue weighted by molar-refractivity contribution is 0.102. The van der Waals surface area contributed by atoms with Crippen LogP contribution in [0.2, 0.25) is 0 Å². The minimum absolute atomic E-state index is 0.164. The third-order valence-electron chi connectivity index (χ3n) is 6.08. The summed E-state index contributed by atoms with van der Waals surface area (Å²) in [5.74, 6) is -0.0924.